The molecule has 1 amide bonds. The number of nitrogens with two attached hydrogens (primary N) is 1. The second-order valence-electron chi connectivity index (χ2n) is 11.9. The van der Waals surface area contributed by atoms with Gasteiger partial charge in [0.05, 0.1) is 52.2 Å². The van der Waals surface area contributed by atoms with Crippen molar-refractivity contribution in [1.82, 2.24) is 24.5 Å². The molecule has 6 rings (SSSR count). The standard InChI is InChI=1S/C31H36F2N8O2/c1-18-16-40(17-24(34)29(18)39(3)19(2)42)27-8-11-35-15-26(27)37-30-36-14-21-6-7-25(38-41(21)30)28-22(32)12-20(13-23(28)33)31(43)9-4-5-10-31/h6-8,11-15,18,24,29,43H,4-5,9-10,16-17,34H2,1-3H3,(H,36,37)/t18-,24+,29-/m0/s1. The number of benzene rings is 1. The fourth-order valence-corrected chi connectivity index (χ4v) is 6.71. The molecule has 10 nitrogen and oxygen atoms in total. The molecule has 1 aliphatic heterocycles. The van der Waals surface area contributed by atoms with Crippen molar-refractivity contribution in [2.75, 3.05) is 30.4 Å². The van der Waals surface area contributed by atoms with Crippen molar-refractivity contribution >= 4 is 28.7 Å². The van der Waals surface area contributed by atoms with Crippen molar-refractivity contribution in [2.24, 2.45) is 11.7 Å². The van der Waals surface area contributed by atoms with E-state index < -0.39 is 17.2 Å². The van der Waals surface area contributed by atoms with Gasteiger partial charge in [0.15, 0.2) is 0 Å². The van der Waals surface area contributed by atoms with Crippen LogP contribution in [-0.4, -0.2) is 67.7 Å². The summed E-state index contributed by atoms with van der Waals surface area (Å²) in [5.41, 5.74) is 7.58. The van der Waals surface area contributed by atoms with Gasteiger partial charge >= 0.3 is 0 Å². The minimum absolute atomic E-state index is 0.0214. The van der Waals surface area contributed by atoms with Gasteiger partial charge in [0.2, 0.25) is 11.9 Å². The Bertz CT molecular complexity index is 1640. The van der Waals surface area contributed by atoms with E-state index in [1.54, 1.807) is 49.6 Å². The van der Waals surface area contributed by atoms with Gasteiger partial charge < -0.3 is 26.0 Å². The first-order valence-corrected chi connectivity index (χ1v) is 14.6. The number of pyridine rings is 1. The number of fused-ring (bicyclic) bond motifs is 1. The highest BCUT2D eigenvalue weighted by molar-refractivity contribution is 5.75. The van der Waals surface area contributed by atoms with E-state index >= 15 is 8.78 Å². The predicted molar refractivity (Wildman–Crippen MR) is 160 cm³/mol. The van der Waals surface area contributed by atoms with Crippen molar-refractivity contribution in [3.05, 3.63) is 66.1 Å². The molecule has 0 bridgehead atoms. The Balaban J connectivity index is 1.30. The quantitative estimate of drug-likeness (QED) is 0.305. The normalized spacial score (nSPS) is 21.7. The molecule has 4 heterocycles. The number of aliphatic hydroxyl groups is 1. The Labute approximate surface area is 248 Å². The SMILES string of the molecule is CC(=O)N(C)[C@@H]1[C@H](N)CN(c2ccncc2Nc2ncc3ccc(-c4c(F)cc(C5(O)CCCC5)cc4F)nn23)C[C@@H]1C. The van der Waals surface area contributed by atoms with Crippen LogP contribution in [0.1, 0.15) is 45.1 Å². The summed E-state index contributed by atoms with van der Waals surface area (Å²) < 4.78 is 32.2. The Kier molecular flexibility index (Phi) is 7.51. The average molecular weight is 591 g/mol. The van der Waals surface area contributed by atoms with Crippen LogP contribution in [0.25, 0.3) is 16.8 Å². The molecular weight excluding hydrogens is 554 g/mol. The smallest absolute Gasteiger partial charge is 0.229 e. The molecule has 2 aliphatic rings. The summed E-state index contributed by atoms with van der Waals surface area (Å²) in [5.74, 6) is -1.13. The highest BCUT2D eigenvalue weighted by Crippen LogP contribution is 2.40. The molecule has 4 N–H and O–H groups in total. The summed E-state index contributed by atoms with van der Waals surface area (Å²) in [7, 11) is 1.79. The number of carbonyl (C=O) groups excluding carboxylic acids is 1. The van der Waals surface area contributed by atoms with Crippen LogP contribution in [-0.2, 0) is 10.4 Å². The van der Waals surface area contributed by atoms with Gasteiger partial charge in [-0.1, -0.05) is 19.8 Å². The number of likely N-dealkylation sites (N-methyl/N-ethyl adjacent to an activating group) is 1. The van der Waals surface area contributed by atoms with Gasteiger partial charge in [-0.2, -0.15) is 9.61 Å². The van der Waals surface area contributed by atoms with Gasteiger partial charge in [-0.05, 0) is 54.7 Å². The van der Waals surface area contributed by atoms with E-state index in [1.807, 2.05) is 6.07 Å². The number of hydrogen-bond donors (Lipinski definition) is 3. The van der Waals surface area contributed by atoms with Crippen LogP contribution in [0.2, 0.25) is 0 Å². The van der Waals surface area contributed by atoms with Crippen molar-refractivity contribution in [3.8, 4) is 11.3 Å². The van der Waals surface area contributed by atoms with E-state index in [4.69, 9.17) is 5.73 Å². The van der Waals surface area contributed by atoms with E-state index in [-0.39, 0.29) is 40.7 Å². The number of nitrogens with one attached hydrogen (secondary N) is 1. The Morgan fingerprint density at radius 2 is 1.86 bits per heavy atom. The second kappa shape index (κ2) is 11.2. The number of anilines is 3. The molecule has 3 atom stereocenters. The molecule has 3 aromatic heterocycles. The maximum atomic E-state index is 15.4. The third-order valence-electron chi connectivity index (χ3n) is 8.94. The van der Waals surface area contributed by atoms with E-state index in [9.17, 15) is 9.90 Å². The first-order valence-electron chi connectivity index (χ1n) is 14.6. The number of aromatic nitrogens is 4. The molecule has 1 saturated carbocycles. The number of rotatable bonds is 6. The number of piperidine rings is 1. The lowest BCUT2D eigenvalue weighted by atomic mass is 9.88. The molecule has 0 spiro atoms. The molecule has 2 fully saturated rings. The predicted octanol–water partition coefficient (Wildman–Crippen LogP) is 4.21. The summed E-state index contributed by atoms with van der Waals surface area (Å²) >= 11 is 0. The molecule has 0 unspecified atom stereocenters. The van der Waals surface area contributed by atoms with Crippen LogP contribution in [0, 0.1) is 17.6 Å². The zero-order chi connectivity index (χ0) is 30.5. The third kappa shape index (κ3) is 5.29. The molecule has 226 valence electrons. The van der Waals surface area contributed by atoms with Crippen LogP contribution < -0.4 is 16.0 Å². The molecule has 1 aliphatic carbocycles. The summed E-state index contributed by atoms with van der Waals surface area (Å²) in [5, 5.41) is 18.7. The van der Waals surface area contributed by atoms with Crippen molar-refractivity contribution < 1.29 is 18.7 Å². The van der Waals surface area contributed by atoms with Crippen LogP contribution >= 0.6 is 0 Å². The number of hydrogen-bond acceptors (Lipinski definition) is 8. The number of nitrogens with zero attached hydrogens (tertiary/aromatic N) is 6. The van der Waals surface area contributed by atoms with Crippen LogP contribution in [0.5, 0.6) is 0 Å². The van der Waals surface area contributed by atoms with Gasteiger partial charge in [-0.15, -0.1) is 0 Å². The van der Waals surface area contributed by atoms with Crippen LogP contribution in [0.4, 0.5) is 26.1 Å². The lowest BCUT2D eigenvalue weighted by Crippen LogP contribution is -2.62. The minimum Gasteiger partial charge on any atom is -0.385 e. The molecule has 1 aromatic carbocycles. The maximum Gasteiger partial charge on any atom is 0.229 e. The molecule has 43 heavy (non-hydrogen) atoms. The fraction of sp³-hybridized carbons (Fsp3) is 0.419. The minimum atomic E-state index is -1.21. The van der Waals surface area contributed by atoms with Crippen molar-refractivity contribution in [2.45, 2.75) is 57.2 Å². The van der Waals surface area contributed by atoms with E-state index in [2.05, 4.69) is 32.2 Å². The lowest BCUT2D eigenvalue weighted by Gasteiger charge is -2.46. The number of carbonyl (C=O) groups is 1. The first kappa shape index (κ1) is 28.9. The number of amides is 1. The van der Waals surface area contributed by atoms with Gasteiger partial charge in [0, 0.05) is 39.3 Å². The monoisotopic (exact) mass is 590 g/mol. The number of imidazole rings is 1. The number of halogens is 2. The topological polar surface area (TPSA) is 125 Å². The summed E-state index contributed by atoms with van der Waals surface area (Å²) in [4.78, 5) is 24.7. The van der Waals surface area contributed by atoms with Crippen LogP contribution in [0.3, 0.4) is 0 Å². The van der Waals surface area contributed by atoms with Crippen LogP contribution in [0.15, 0.2) is 48.9 Å². The Morgan fingerprint density at radius 1 is 1.14 bits per heavy atom. The second-order valence-corrected chi connectivity index (χ2v) is 11.9. The zero-order valence-corrected chi connectivity index (χ0v) is 24.5. The van der Waals surface area contributed by atoms with Gasteiger partial charge in [-0.25, -0.2) is 13.8 Å². The van der Waals surface area contributed by atoms with Gasteiger partial charge in [-0.3, -0.25) is 9.78 Å². The highest BCUT2D eigenvalue weighted by Gasteiger charge is 2.37. The molecule has 4 aromatic rings. The first-order chi connectivity index (χ1) is 20.6. The largest absolute Gasteiger partial charge is 0.385 e. The summed E-state index contributed by atoms with van der Waals surface area (Å²) in [6, 6.07) is 7.21. The summed E-state index contributed by atoms with van der Waals surface area (Å²) in [6.45, 7) is 4.82. The fourth-order valence-electron chi connectivity index (χ4n) is 6.71. The Morgan fingerprint density at radius 3 is 2.53 bits per heavy atom. The molecule has 12 heteroatoms. The van der Waals surface area contributed by atoms with Crippen molar-refractivity contribution in [1.29, 1.82) is 0 Å². The van der Waals surface area contributed by atoms with Crippen molar-refractivity contribution in [3.63, 3.8) is 0 Å². The maximum absolute atomic E-state index is 15.4. The molecule has 0 radical (unpaired) electrons. The zero-order valence-electron chi connectivity index (χ0n) is 24.5. The molecule has 1 saturated heterocycles. The molecular formula is C31H36F2N8O2. The Hall–Kier alpha value is -4.16. The van der Waals surface area contributed by atoms with E-state index in [0.717, 1.165) is 18.5 Å². The van der Waals surface area contributed by atoms with E-state index in [0.29, 0.717) is 43.1 Å². The summed E-state index contributed by atoms with van der Waals surface area (Å²) in [6.07, 6.45) is 7.58. The average Bonchev–Trinajstić information content (AvgIpc) is 3.59. The highest BCUT2D eigenvalue weighted by atomic mass is 19.1. The van der Waals surface area contributed by atoms with Gasteiger partial charge in [0.25, 0.3) is 0 Å². The van der Waals surface area contributed by atoms with E-state index in [1.165, 1.54) is 16.6 Å². The lowest BCUT2D eigenvalue weighted by molar-refractivity contribution is -0.131. The van der Waals surface area contributed by atoms with Gasteiger partial charge in [0.1, 0.15) is 11.6 Å². The third-order valence-corrected chi connectivity index (χ3v) is 8.94.